The maximum absolute atomic E-state index is 12.1. The van der Waals surface area contributed by atoms with Crippen LogP contribution in [0.25, 0.3) is 0 Å². The van der Waals surface area contributed by atoms with Gasteiger partial charge in [-0.1, -0.05) is 30.3 Å². The second kappa shape index (κ2) is 7.79. The minimum atomic E-state index is -0.503. The van der Waals surface area contributed by atoms with E-state index in [1.165, 1.54) is 0 Å². The van der Waals surface area contributed by atoms with Gasteiger partial charge >= 0.3 is 6.09 Å². The molecule has 4 N–H and O–H groups in total. The minimum absolute atomic E-state index is 0.122. The molecule has 2 rings (SSSR count). The number of nitrogens with two attached hydrogens (primary N) is 1. The van der Waals surface area contributed by atoms with Gasteiger partial charge in [-0.05, 0) is 45.6 Å². The smallest absolute Gasteiger partial charge is 0.408 e. The Balaban J connectivity index is 1.96. The number of hydrogen-bond acceptors (Lipinski definition) is 4. The van der Waals surface area contributed by atoms with Gasteiger partial charge in [0.05, 0.1) is 6.04 Å². The van der Waals surface area contributed by atoms with Crippen LogP contribution in [0.1, 0.15) is 51.6 Å². The molecule has 5 nitrogen and oxygen atoms in total. The fourth-order valence-electron chi connectivity index (χ4n) is 2.87. The van der Waals surface area contributed by atoms with Crippen molar-refractivity contribution >= 4 is 6.09 Å². The van der Waals surface area contributed by atoms with E-state index in [1.807, 2.05) is 51.1 Å². The highest BCUT2D eigenvalue weighted by Crippen LogP contribution is 2.19. The van der Waals surface area contributed by atoms with Crippen LogP contribution in [0.2, 0.25) is 0 Å². The summed E-state index contributed by atoms with van der Waals surface area (Å²) >= 11 is 0. The maximum atomic E-state index is 12.1. The number of benzene rings is 1. The number of ether oxygens (including phenoxy) is 1. The highest BCUT2D eigenvalue weighted by molar-refractivity contribution is 5.68. The summed E-state index contributed by atoms with van der Waals surface area (Å²) < 4.78 is 5.38. The van der Waals surface area contributed by atoms with Gasteiger partial charge in [0.1, 0.15) is 5.60 Å². The molecular weight excluding hydrogens is 290 g/mol. The van der Waals surface area contributed by atoms with Crippen LogP contribution < -0.4 is 16.4 Å². The summed E-state index contributed by atoms with van der Waals surface area (Å²) in [6.07, 6.45) is 2.76. The maximum Gasteiger partial charge on any atom is 0.408 e. The molecule has 1 aromatic carbocycles. The van der Waals surface area contributed by atoms with E-state index in [2.05, 4.69) is 10.6 Å². The summed E-state index contributed by atoms with van der Waals surface area (Å²) in [5.41, 5.74) is 6.52. The number of rotatable bonds is 5. The first kappa shape index (κ1) is 17.8. The van der Waals surface area contributed by atoms with Crippen molar-refractivity contribution in [2.24, 2.45) is 5.73 Å². The molecule has 1 aliphatic rings. The van der Waals surface area contributed by atoms with Gasteiger partial charge in [-0.3, -0.25) is 0 Å². The average molecular weight is 319 g/mol. The monoisotopic (exact) mass is 319 g/mol. The third-order valence-corrected chi connectivity index (χ3v) is 3.98. The van der Waals surface area contributed by atoms with Crippen LogP contribution in [0, 0.1) is 0 Å². The number of carbonyl (C=O) groups excluding carboxylic acids is 1. The minimum Gasteiger partial charge on any atom is -0.444 e. The molecule has 0 heterocycles. The van der Waals surface area contributed by atoms with Crippen molar-refractivity contribution in [3.63, 3.8) is 0 Å². The van der Waals surface area contributed by atoms with E-state index in [1.54, 1.807) is 0 Å². The molecular formula is C18H29N3O2. The Bertz CT molecular complexity index is 499. The molecule has 3 atom stereocenters. The van der Waals surface area contributed by atoms with Gasteiger partial charge in [-0.15, -0.1) is 0 Å². The Morgan fingerprint density at radius 1 is 1.30 bits per heavy atom. The van der Waals surface area contributed by atoms with Crippen LogP contribution in [-0.4, -0.2) is 30.3 Å². The van der Waals surface area contributed by atoms with Crippen molar-refractivity contribution in [2.75, 3.05) is 6.54 Å². The number of nitrogens with one attached hydrogen (secondary N) is 2. The van der Waals surface area contributed by atoms with Crippen LogP contribution in [0.3, 0.4) is 0 Å². The van der Waals surface area contributed by atoms with Gasteiger partial charge < -0.3 is 21.1 Å². The lowest BCUT2D eigenvalue weighted by Crippen LogP contribution is -2.41. The molecule has 3 unspecified atom stereocenters. The van der Waals surface area contributed by atoms with Crippen molar-refractivity contribution in [2.45, 2.75) is 63.8 Å². The van der Waals surface area contributed by atoms with Crippen LogP contribution in [-0.2, 0) is 4.74 Å². The normalized spacial score (nSPS) is 22.6. The Labute approximate surface area is 139 Å². The van der Waals surface area contributed by atoms with E-state index in [0.717, 1.165) is 24.8 Å². The summed E-state index contributed by atoms with van der Waals surface area (Å²) in [5, 5.41) is 6.50. The first-order valence-electron chi connectivity index (χ1n) is 8.37. The first-order chi connectivity index (χ1) is 10.8. The lowest BCUT2D eigenvalue weighted by Gasteiger charge is -2.25. The Kier molecular flexibility index (Phi) is 6.02. The number of amides is 1. The van der Waals surface area contributed by atoms with E-state index in [4.69, 9.17) is 10.5 Å². The van der Waals surface area contributed by atoms with Gasteiger partial charge in [0.15, 0.2) is 0 Å². The van der Waals surface area contributed by atoms with Crippen molar-refractivity contribution in [3.8, 4) is 0 Å². The zero-order valence-corrected chi connectivity index (χ0v) is 14.3. The third-order valence-electron chi connectivity index (χ3n) is 3.98. The quantitative estimate of drug-likeness (QED) is 0.780. The summed E-state index contributed by atoms with van der Waals surface area (Å²) in [4.78, 5) is 12.1. The zero-order chi connectivity index (χ0) is 16.9. The van der Waals surface area contributed by atoms with E-state index in [-0.39, 0.29) is 6.04 Å². The van der Waals surface area contributed by atoms with Gasteiger partial charge in [0.25, 0.3) is 0 Å². The zero-order valence-electron chi connectivity index (χ0n) is 14.3. The summed E-state index contributed by atoms with van der Waals surface area (Å²) in [6, 6.07) is 10.6. The molecule has 5 heteroatoms. The van der Waals surface area contributed by atoms with Crippen LogP contribution in [0.5, 0.6) is 0 Å². The lowest BCUT2D eigenvalue weighted by molar-refractivity contribution is 0.0502. The standard InChI is InChI=1S/C18H29N3O2/c1-18(2,3)23-17(22)21-16(13-7-5-4-6-8-13)12-20-15-10-9-14(19)11-15/h4-8,14-16,20H,9-12,19H2,1-3H3,(H,21,22). The van der Waals surface area contributed by atoms with Crippen LogP contribution in [0.15, 0.2) is 30.3 Å². The molecule has 0 aliphatic heterocycles. The molecule has 1 saturated carbocycles. The van der Waals surface area contributed by atoms with Crippen LogP contribution in [0.4, 0.5) is 4.79 Å². The number of carbonyl (C=O) groups is 1. The van der Waals surface area contributed by atoms with Gasteiger partial charge in [-0.2, -0.15) is 0 Å². The SMILES string of the molecule is CC(C)(C)OC(=O)NC(CNC1CCC(N)C1)c1ccccc1. The van der Waals surface area contributed by atoms with E-state index < -0.39 is 11.7 Å². The molecule has 1 amide bonds. The Hall–Kier alpha value is -1.59. The highest BCUT2D eigenvalue weighted by atomic mass is 16.6. The topological polar surface area (TPSA) is 76.4 Å². The number of hydrogen-bond donors (Lipinski definition) is 3. The molecule has 0 spiro atoms. The van der Waals surface area contributed by atoms with Gasteiger partial charge in [-0.25, -0.2) is 4.79 Å². The average Bonchev–Trinajstić information content (AvgIpc) is 2.88. The predicted octanol–water partition coefficient (Wildman–Crippen LogP) is 2.72. The van der Waals surface area contributed by atoms with Crippen molar-refractivity contribution in [1.82, 2.24) is 10.6 Å². The summed E-state index contributed by atoms with van der Waals surface area (Å²) in [7, 11) is 0. The summed E-state index contributed by atoms with van der Waals surface area (Å²) in [5.74, 6) is 0. The van der Waals surface area contributed by atoms with Gasteiger partial charge in [0, 0.05) is 18.6 Å². The fourth-order valence-corrected chi connectivity index (χ4v) is 2.87. The molecule has 0 aromatic heterocycles. The largest absolute Gasteiger partial charge is 0.444 e. The van der Waals surface area contributed by atoms with Crippen molar-refractivity contribution in [1.29, 1.82) is 0 Å². The number of alkyl carbamates (subject to hydrolysis) is 1. The summed E-state index contributed by atoms with van der Waals surface area (Å²) in [6.45, 7) is 6.26. The van der Waals surface area contributed by atoms with Crippen molar-refractivity contribution in [3.05, 3.63) is 35.9 Å². The molecule has 23 heavy (non-hydrogen) atoms. The van der Waals surface area contributed by atoms with E-state index in [9.17, 15) is 4.79 Å². The molecule has 0 radical (unpaired) electrons. The van der Waals surface area contributed by atoms with Crippen molar-refractivity contribution < 1.29 is 9.53 Å². The second-order valence-electron chi connectivity index (χ2n) is 7.29. The third kappa shape index (κ3) is 6.20. The lowest BCUT2D eigenvalue weighted by atomic mass is 10.1. The predicted molar refractivity (Wildman–Crippen MR) is 92.2 cm³/mol. The molecule has 0 saturated heterocycles. The first-order valence-corrected chi connectivity index (χ1v) is 8.37. The molecule has 1 fully saturated rings. The molecule has 1 aromatic rings. The molecule has 1 aliphatic carbocycles. The fraction of sp³-hybridized carbons (Fsp3) is 0.611. The Morgan fingerprint density at radius 3 is 2.57 bits per heavy atom. The molecule has 0 bridgehead atoms. The second-order valence-corrected chi connectivity index (χ2v) is 7.29. The Morgan fingerprint density at radius 2 is 2.00 bits per heavy atom. The van der Waals surface area contributed by atoms with Gasteiger partial charge in [0.2, 0.25) is 0 Å². The van der Waals surface area contributed by atoms with E-state index in [0.29, 0.717) is 18.6 Å². The molecule has 128 valence electrons. The highest BCUT2D eigenvalue weighted by Gasteiger charge is 2.24. The van der Waals surface area contributed by atoms with E-state index >= 15 is 0 Å². The van der Waals surface area contributed by atoms with Crippen LogP contribution >= 0.6 is 0 Å².